The molecule has 0 amide bonds. The van der Waals surface area contributed by atoms with Gasteiger partial charge in [-0.25, -0.2) is 9.37 Å². The van der Waals surface area contributed by atoms with E-state index >= 15 is 0 Å². The first-order valence-electron chi connectivity index (χ1n) is 8.40. The van der Waals surface area contributed by atoms with Crippen LogP contribution < -0.4 is 21.6 Å². The van der Waals surface area contributed by atoms with Crippen molar-refractivity contribution in [1.29, 1.82) is 0 Å². The molecule has 0 unspecified atom stereocenters. The molecule has 0 bridgehead atoms. The highest BCUT2D eigenvalue weighted by molar-refractivity contribution is 7.85. The summed E-state index contributed by atoms with van der Waals surface area (Å²) in [5.41, 5.74) is 0.252. The van der Waals surface area contributed by atoms with Crippen LogP contribution in [0.25, 0.3) is 11.0 Å². The van der Waals surface area contributed by atoms with Gasteiger partial charge in [-0.3, -0.25) is 4.79 Å². The summed E-state index contributed by atoms with van der Waals surface area (Å²) in [7, 11) is -1.96. The van der Waals surface area contributed by atoms with Crippen LogP contribution in [0.3, 0.4) is 0 Å². The van der Waals surface area contributed by atoms with Gasteiger partial charge in [-0.05, 0) is 18.2 Å². The first-order chi connectivity index (χ1) is 13.0. The monoisotopic (exact) mass is 378 g/mol. The second-order valence-electron chi connectivity index (χ2n) is 6.21. The van der Waals surface area contributed by atoms with Crippen molar-refractivity contribution in [2.45, 2.75) is 0 Å². The standard InChI is InChI=1S/C21H16FN2O2P/c1-24-19-14-15(22)12-13-18(19)23-20(21(24)25)27(26,16-8-4-2-5-9-16)17-10-6-3-7-11-17/h2-14H,1H3. The van der Waals surface area contributed by atoms with Gasteiger partial charge in [0.05, 0.1) is 11.0 Å². The summed E-state index contributed by atoms with van der Waals surface area (Å²) in [6.07, 6.45) is 0. The Balaban J connectivity index is 2.11. The van der Waals surface area contributed by atoms with E-state index in [1.54, 1.807) is 48.5 Å². The van der Waals surface area contributed by atoms with Crippen molar-refractivity contribution in [3.05, 3.63) is 95.0 Å². The zero-order valence-corrected chi connectivity index (χ0v) is 15.4. The van der Waals surface area contributed by atoms with Gasteiger partial charge in [0.25, 0.3) is 5.56 Å². The molecular formula is C21H16FN2O2P. The summed E-state index contributed by atoms with van der Waals surface area (Å²) < 4.78 is 29.3. The van der Waals surface area contributed by atoms with Gasteiger partial charge < -0.3 is 9.13 Å². The molecule has 4 aromatic rings. The maximum Gasteiger partial charge on any atom is 0.280 e. The first kappa shape index (κ1) is 17.4. The number of hydrogen-bond donors (Lipinski definition) is 0. The van der Waals surface area contributed by atoms with E-state index in [0.29, 0.717) is 21.6 Å². The Bertz CT molecular complexity index is 1190. The van der Waals surface area contributed by atoms with Crippen molar-refractivity contribution in [3.8, 4) is 0 Å². The van der Waals surface area contributed by atoms with E-state index in [1.807, 2.05) is 12.1 Å². The largest absolute Gasteiger partial charge is 0.308 e. The second kappa shape index (κ2) is 6.60. The van der Waals surface area contributed by atoms with Crippen LogP contribution in [0.1, 0.15) is 0 Å². The molecule has 0 aliphatic heterocycles. The minimum atomic E-state index is -3.50. The van der Waals surface area contributed by atoms with E-state index in [-0.39, 0.29) is 5.44 Å². The molecular weight excluding hydrogens is 362 g/mol. The van der Waals surface area contributed by atoms with E-state index in [4.69, 9.17) is 0 Å². The predicted molar refractivity (Wildman–Crippen MR) is 106 cm³/mol. The van der Waals surface area contributed by atoms with Gasteiger partial charge in [-0.2, -0.15) is 0 Å². The highest BCUT2D eigenvalue weighted by Gasteiger charge is 2.34. The number of aryl methyl sites for hydroxylation is 1. The summed E-state index contributed by atoms with van der Waals surface area (Å²) in [5.74, 6) is -0.457. The molecule has 0 aliphatic carbocycles. The number of halogens is 1. The molecule has 0 saturated carbocycles. The SMILES string of the molecule is Cn1c(=O)c(P(=O)(c2ccccc2)c2ccccc2)nc2ccc(F)cc21. The summed E-state index contributed by atoms with van der Waals surface area (Å²) in [6.45, 7) is 0. The van der Waals surface area contributed by atoms with Crippen molar-refractivity contribution in [2.75, 3.05) is 0 Å². The Morgan fingerprint density at radius 2 is 1.44 bits per heavy atom. The minimum absolute atomic E-state index is 0.0264. The third-order valence-electron chi connectivity index (χ3n) is 4.56. The number of fused-ring (bicyclic) bond motifs is 1. The second-order valence-corrected chi connectivity index (χ2v) is 8.89. The summed E-state index contributed by atoms with van der Waals surface area (Å²) in [4.78, 5) is 17.5. The lowest BCUT2D eigenvalue weighted by atomic mass is 10.3. The Morgan fingerprint density at radius 3 is 2.00 bits per heavy atom. The molecule has 0 spiro atoms. The molecule has 134 valence electrons. The van der Waals surface area contributed by atoms with Gasteiger partial charge in [0.2, 0.25) is 0 Å². The summed E-state index contributed by atoms with van der Waals surface area (Å²) in [6, 6.07) is 21.8. The quantitative estimate of drug-likeness (QED) is 0.515. The zero-order valence-electron chi connectivity index (χ0n) is 14.5. The Morgan fingerprint density at radius 1 is 0.889 bits per heavy atom. The smallest absolute Gasteiger partial charge is 0.280 e. The van der Waals surface area contributed by atoms with Crippen LogP contribution in [-0.4, -0.2) is 9.55 Å². The van der Waals surface area contributed by atoms with E-state index in [0.717, 1.165) is 0 Å². The van der Waals surface area contributed by atoms with Crippen molar-refractivity contribution in [1.82, 2.24) is 9.55 Å². The maximum absolute atomic E-state index is 14.4. The van der Waals surface area contributed by atoms with Gasteiger partial charge in [0.15, 0.2) is 12.6 Å². The Labute approximate surface area is 155 Å². The number of nitrogens with zero attached hydrogens (tertiary/aromatic N) is 2. The highest BCUT2D eigenvalue weighted by atomic mass is 31.2. The van der Waals surface area contributed by atoms with Crippen LogP contribution in [0.4, 0.5) is 4.39 Å². The van der Waals surface area contributed by atoms with Crippen molar-refractivity contribution in [2.24, 2.45) is 7.05 Å². The first-order valence-corrected chi connectivity index (χ1v) is 10.1. The van der Waals surface area contributed by atoms with Gasteiger partial charge in [0, 0.05) is 17.7 Å². The topological polar surface area (TPSA) is 52.0 Å². The average molecular weight is 378 g/mol. The number of hydrogen-bond acceptors (Lipinski definition) is 3. The molecule has 3 aromatic carbocycles. The molecule has 0 radical (unpaired) electrons. The van der Waals surface area contributed by atoms with Gasteiger partial charge in [0.1, 0.15) is 5.82 Å². The van der Waals surface area contributed by atoms with E-state index in [2.05, 4.69) is 4.98 Å². The fourth-order valence-electron chi connectivity index (χ4n) is 3.16. The van der Waals surface area contributed by atoms with E-state index < -0.39 is 18.5 Å². The Kier molecular flexibility index (Phi) is 4.25. The van der Waals surface area contributed by atoms with Crippen molar-refractivity contribution in [3.63, 3.8) is 0 Å². The summed E-state index contributed by atoms with van der Waals surface area (Å²) in [5, 5.41) is 1.06. The van der Waals surface area contributed by atoms with Crippen LogP contribution in [0.15, 0.2) is 83.7 Å². The lowest BCUT2D eigenvalue weighted by Crippen LogP contribution is -2.41. The fourth-order valence-corrected chi connectivity index (χ4v) is 5.79. The molecule has 6 heteroatoms. The minimum Gasteiger partial charge on any atom is -0.308 e. The van der Waals surface area contributed by atoms with Crippen molar-refractivity contribution >= 4 is 34.2 Å². The van der Waals surface area contributed by atoms with E-state index in [1.165, 1.54) is 29.8 Å². The normalized spacial score (nSPS) is 11.6. The van der Waals surface area contributed by atoms with Crippen molar-refractivity contribution < 1.29 is 8.96 Å². The zero-order chi connectivity index (χ0) is 19.0. The summed E-state index contributed by atoms with van der Waals surface area (Å²) >= 11 is 0. The average Bonchev–Trinajstić information content (AvgIpc) is 2.72. The lowest BCUT2D eigenvalue weighted by molar-refractivity contribution is 0.591. The van der Waals surface area contributed by atoms with Crippen LogP contribution in [0.2, 0.25) is 0 Å². The molecule has 1 heterocycles. The lowest BCUT2D eigenvalue weighted by Gasteiger charge is -2.19. The fraction of sp³-hybridized carbons (Fsp3) is 0.0476. The number of rotatable bonds is 3. The molecule has 0 atom stereocenters. The highest BCUT2D eigenvalue weighted by Crippen LogP contribution is 2.40. The number of aromatic nitrogens is 2. The predicted octanol–water partition coefficient (Wildman–Crippen LogP) is 2.71. The molecule has 0 saturated heterocycles. The molecule has 0 aliphatic rings. The Hall–Kier alpha value is -3.04. The van der Waals surface area contributed by atoms with Gasteiger partial charge >= 0.3 is 0 Å². The van der Waals surface area contributed by atoms with E-state index in [9.17, 15) is 13.8 Å². The third-order valence-corrected chi connectivity index (χ3v) is 7.50. The molecule has 0 fully saturated rings. The third kappa shape index (κ3) is 2.81. The van der Waals surface area contributed by atoms with Gasteiger partial charge in [-0.15, -0.1) is 0 Å². The molecule has 4 rings (SSSR count). The van der Waals surface area contributed by atoms with Gasteiger partial charge in [-0.1, -0.05) is 60.7 Å². The van der Waals surface area contributed by atoms with Crippen LogP contribution in [0, 0.1) is 5.82 Å². The number of benzene rings is 3. The van der Waals surface area contributed by atoms with Crippen LogP contribution >= 0.6 is 7.14 Å². The van der Waals surface area contributed by atoms with Crippen LogP contribution in [-0.2, 0) is 11.6 Å². The molecule has 1 aromatic heterocycles. The molecule has 27 heavy (non-hydrogen) atoms. The molecule has 4 nitrogen and oxygen atoms in total. The maximum atomic E-state index is 14.4. The van der Waals surface area contributed by atoms with Crippen LogP contribution in [0.5, 0.6) is 0 Å². The molecule has 0 N–H and O–H groups in total.